The van der Waals surface area contributed by atoms with Crippen LogP contribution in [0.15, 0.2) is 18.2 Å². The quantitative estimate of drug-likeness (QED) is 0.927. The second-order valence-electron chi connectivity index (χ2n) is 5.58. The first-order valence-corrected chi connectivity index (χ1v) is 7.45. The minimum Gasteiger partial charge on any atom is -0.372 e. The maximum atomic E-state index is 14.3. The predicted molar refractivity (Wildman–Crippen MR) is 80.8 cm³/mol. The van der Waals surface area contributed by atoms with Crippen molar-refractivity contribution in [3.63, 3.8) is 0 Å². The molecule has 21 heavy (non-hydrogen) atoms. The Labute approximate surface area is 125 Å². The van der Waals surface area contributed by atoms with Crippen molar-refractivity contribution < 1.29 is 13.9 Å². The van der Waals surface area contributed by atoms with Crippen LogP contribution in [0.5, 0.6) is 0 Å². The number of anilines is 1. The second-order valence-corrected chi connectivity index (χ2v) is 5.58. The van der Waals surface area contributed by atoms with Gasteiger partial charge in [0.2, 0.25) is 5.91 Å². The lowest BCUT2D eigenvalue weighted by molar-refractivity contribution is -0.120. The van der Waals surface area contributed by atoms with E-state index >= 15 is 0 Å². The van der Waals surface area contributed by atoms with Crippen molar-refractivity contribution >= 4 is 11.6 Å². The molecule has 1 saturated heterocycles. The molecular weight excluding hydrogens is 271 g/mol. The summed E-state index contributed by atoms with van der Waals surface area (Å²) in [4.78, 5) is 13.2. The molecule has 1 aromatic rings. The van der Waals surface area contributed by atoms with Gasteiger partial charge in [0.1, 0.15) is 5.82 Å². The van der Waals surface area contributed by atoms with Crippen molar-refractivity contribution in [1.29, 1.82) is 0 Å². The van der Waals surface area contributed by atoms with Crippen molar-refractivity contribution in [3.8, 4) is 0 Å². The molecule has 1 amide bonds. The number of hydrogen-bond acceptors (Lipinski definition) is 3. The summed E-state index contributed by atoms with van der Waals surface area (Å²) in [6.45, 7) is 7.52. The number of benzene rings is 1. The van der Waals surface area contributed by atoms with Crippen LogP contribution in [-0.4, -0.2) is 31.2 Å². The third-order valence-corrected chi connectivity index (χ3v) is 3.58. The number of nitrogens with zero attached hydrogens (tertiary/aromatic N) is 1. The number of carbonyl (C=O) groups is 1. The molecular formula is C16H23FN2O2. The summed E-state index contributed by atoms with van der Waals surface area (Å²) in [6, 6.07) is 5.14. The Kier molecular flexibility index (Phi) is 5.17. The van der Waals surface area contributed by atoms with Crippen molar-refractivity contribution in [2.75, 3.05) is 18.0 Å². The van der Waals surface area contributed by atoms with E-state index in [0.29, 0.717) is 31.7 Å². The summed E-state index contributed by atoms with van der Waals surface area (Å²) in [6.07, 6.45) is 0.623. The molecule has 0 spiro atoms. The van der Waals surface area contributed by atoms with Crippen LogP contribution >= 0.6 is 0 Å². The monoisotopic (exact) mass is 294 g/mol. The zero-order valence-corrected chi connectivity index (χ0v) is 12.9. The fraction of sp³-hybridized carbons (Fsp3) is 0.562. The zero-order chi connectivity index (χ0) is 15.4. The number of carbonyl (C=O) groups excluding carboxylic acids is 1. The molecule has 4 nitrogen and oxygen atoms in total. The molecule has 0 aliphatic carbocycles. The molecule has 1 N–H and O–H groups in total. The van der Waals surface area contributed by atoms with Gasteiger partial charge in [0, 0.05) is 26.1 Å². The molecule has 0 radical (unpaired) electrons. The molecule has 1 aliphatic rings. The third kappa shape index (κ3) is 4.17. The van der Waals surface area contributed by atoms with E-state index < -0.39 is 0 Å². The topological polar surface area (TPSA) is 41.6 Å². The largest absolute Gasteiger partial charge is 0.372 e. The summed E-state index contributed by atoms with van der Waals surface area (Å²) >= 11 is 0. The predicted octanol–water partition coefficient (Wildman–Crippen LogP) is 2.47. The minimum absolute atomic E-state index is 0.0321. The van der Waals surface area contributed by atoms with Gasteiger partial charge in [0.05, 0.1) is 17.9 Å². The Morgan fingerprint density at radius 3 is 2.62 bits per heavy atom. The third-order valence-electron chi connectivity index (χ3n) is 3.58. The molecule has 1 aromatic carbocycles. The normalized spacial score (nSPS) is 22.2. The number of morpholine rings is 1. The molecule has 1 aliphatic heterocycles. The van der Waals surface area contributed by atoms with Crippen LogP contribution in [0.1, 0.15) is 32.8 Å². The van der Waals surface area contributed by atoms with Crippen LogP contribution in [0.25, 0.3) is 0 Å². The van der Waals surface area contributed by atoms with Crippen LogP contribution in [0.3, 0.4) is 0 Å². The molecule has 2 atom stereocenters. The molecule has 5 heteroatoms. The Hall–Kier alpha value is -1.62. The van der Waals surface area contributed by atoms with Crippen molar-refractivity contribution in [3.05, 3.63) is 29.6 Å². The van der Waals surface area contributed by atoms with E-state index in [1.165, 1.54) is 6.07 Å². The first-order valence-electron chi connectivity index (χ1n) is 7.45. The van der Waals surface area contributed by atoms with Gasteiger partial charge in [-0.15, -0.1) is 0 Å². The van der Waals surface area contributed by atoms with Crippen LogP contribution in [0, 0.1) is 5.82 Å². The summed E-state index contributed by atoms with van der Waals surface area (Å²) in [5.41, 5.74) is 1.37. The average molecular weight is 294 g/mol. The maximum absolute atomic E-state index is 14.3. The molecule has 0 bridgehead atoms. The second kappa shape index (κ2) is 6.89. The highest BCUT2D eigenvalue weighted by molar-refractivity contribution is 5.75. The fourth-order valence-electron chi connectivity index (χ4n) is 2.62. The highest BCUT2D eigenvalue weighted by Crippen LogP contribution is 2.24. The maximum Gasteiger partial charge on any atom is 0.219 e. The van der Waals surface area contributed by atoms with Gasteiger partial charge in [0.25, 0.3) is 0 Å². The van der Waals surface area contributed by atoms with Crippen molar-refractivity contribution in [1.82, 2.24) is 5.32 Å². The number of ether oxygens (including phenoxy) is 1. The smallest absolute Gasteiger partial charge is 0.219 e. The number of nitrogens with one attached hydrogen (secondary N) is 1. The molecule has 1 heterocycles. The Morgan fingerprint density at radius 2 is 2.05 bits per heavy atom. The Morgan fingerprint density at radius 1 is 1.38 bits per heavy atom. The molecule has 1 fully saturated rings. The lowest BCUT2D eigenvalue weighted by Gasteiger charge is -2.37. The number of hydrogen-bond donors (Lipinski definition) is 1. The molecule has 116 valence electrons. The van der Waals surface area contributed by atoms with Gasteiger partial charge in [-0.2, -0.15) is 0 Å². The SMILES string of the molecule is CCC(=O)NCc1ccc(N2C[C@@H](C)O[C@H](C)C2)c(F)c1. The van der Waals surface area contributed by atoms with E-state index in [0.717, 1.165) is 5.56 Å². The van der Waals surface area contributed by atoms with Crippen molar-refractivity contribution in [2.24, 2.45) is 0 Å². The van der Waals surface area contributed by atoms with E-state index in [4.69, 9.17) is 4.74 Å². The van der Waals surface area contributed by atoms with Crippen LogP contribution < -0.4 is 10.2 Å². The van der Waals surface area contributed by atoms with E-state index in [1.54, 1.807) is 13.0 Å². The summed E-state index contributed by atoms with van der Waals surface area (Å²) in [5.74, 6) is -0.283. The summed E-state index contributed by atoms with van der Waals surface area (Å²) in [5, 5.41) is 2.75. The van der Waals surface area contributed by atoms with Gasteiger partial charge in [-0.1, -0.05) is 13.0 Å². The van der Waals surface area contributed by atoms with E-state index in [2.05, 4.69) is 5.32 Å². The number of halogens is 1. The van der Waals surface area contributed by atoms with Gasteiger partial charge >= 0.3 is 0 Å². The molecule has 0 aromatic heterocycles. The Balaban J connectivity index is 2.06. The van der Waals surface area contributed by atoms with Gasteiger partial charge in [0.15, 0.2) is 0 Å². The van der Waals surface area contributed by atoms with Crippen LogP contribution in [0.4, 0.5) is 10.1 Å². The minimum atomic E-state index is -0.250. The van der Waals surface area contributed by atoms with Gasteiger partial charge in [-0.05, 0) is 31.5 Å². The lowest BCUT2D eigenvalue weighted by atomic mass is 10.1. The van der Waals surface area contributed by atoms with Gasteiger partial charge < -0.3 is 15.0 Å². The highest BCUT2D eigenvalue weighted by atomic mass is 19.1. The summed E-state index contributed by atoms with van der Waals surface area (Å²) in [7, 11) is 0. The zero-order valence-electron chi connectivity index (χ0n) is 12.9. The molecule has 2 rings (SSSR count). The lowest BCUT2D eigenvalue weighted by Crippen LogP contribution is -2.45. The standard InChI is InChI=1S/C16H23FN2O2/c1-4-16(20)18-8-13-5-6-15(14(17)7-13)19-9-11(2)21-12(3)10-19/h5-7,11-12H,4,8-10H2,1-3H3,(H,18,20)/t11-,12-/m1/s1. The van der Waals surface area contributed by atoms with E-state index in [1.807, 2.05) is 24.8 Å². The molecule has 0 unspecified atom stereocenters. The van der Waals surface area contributed by atoms with E-state index in [-0.39, 0.29) is 23.9 Å². The highest BCUT2D eigenvalue weighted by Gasteiger charge is 2.24. The van der Waals surface area contributed by atoms with Crippen LogP contribution in [-0.2, 0) is 16.1 Å². The van der Waals surface area contributed by atoms with Gasteiger partial charge in [-0.25, -0.2) is 4.39 Å². The number of rotatable bonds is 4. The first kappa shape index (κ1) is 15.8. The summed E-state index contributed by atoms with van der Waals surface area (Å²) < 4.78 is 20.0. The van der Waals surface area contributed by atoms with Gasteiger partial charge in [-0.3, -0.25) is 4.79 Å². The Bertz CT molecular complexity index is 497. The first-order chi connectivity index (χ1) is 9.99. The number of amides is 1. The molecule has 0 saturated carbocycles. The van der Waals surface area contributed by atoms with Crippen molar-refractivity contribution in [2.45, 2.75) is 45.9 Å². The van der Waals surface area contributed by atoms with E-state index in [9.17, 15) is 9.18 Å². The fourth-order valence-corrected chi connectivity index (χ4v) is 2.62. The van der Waals surface area contributed by atoms with Crippen LogP contribution in [0.2, 0.25) is 0 Å². The average Bonchev–Trinajstić information content (AvgIpc) is 2.43.